The molecule has 2 aliphatic rings. The Bertz CT molecular complexity index is 682. The highest BCUT2D eigenvalue weighted by atomic mass is 16.7. The fraction of sp³-hybridized carbons (Fsp3) is 0.438. The molecule has 1 aromatic carbocycles. The molecular weight excluding hydrogens is 330 g/mol. The molecule has 0 radical (unpaired) electrons. The van der Waals surface area contributed by atoms with E-state index in [0.29, 0.717) is 5.56 Å². The van der Waals surface area contributed by atoms with Crippen LogP contribution in [0, 0.1) is 0 Å². The van der Waals surface area contributed by atoms with Gasteiger partial charge >= 0.3 is 5.97 Å². The summed E-state index contributed by atoms with van der Waals surface area (Å²) in [6.07, 6.45) is -1.93. The number of aliphatic carboxylic acids is 1. The summed E-state index contributed by atoms with van der Waals surface area (Å²) in [5.41, 5.74) is 6.55. The van der Waals surface area contributed by atoms with Crippen molar-refractivity contribution >= 4 is 17.8 Å². The van der Waals surface area contributed by atoms with Crippen molar-refractivity contribution < 1.29 is 29.0 Å². The Morgan fingerprint density at radius 3 is 2.68 bits per heavy atom. The van der Waals surface area contributed by atoms with Crippen molar-refractivity contribution in [3.8, 4) is 0 Å². The molecule has 9 nitrogen and oxygen atoms in total. The van der Waals surface area contributed by atoms with Crippen molar-refractivity contribution in [3.63, 3.8) is 0 Å². The highest BCUT2D eigenvalue weighted by molar-refractivity contribution is 5.97. The zero-order valence-corrected chi connectivity index (χ0v) is 13.5. The lowest BCUT2D eigenvalue weighted by atomic mass is 9.89. The predicted molar refractivity (Wildman–Crippen MR) is 83.9 cm³/mol. The van der Waals surface area contributed by atoms with E-state index >= 15 is 0 Å². The molecule has 5 unspecified atom stereocenters. The lowest BCUT2D eigenvalue weighted by molar-refractivity contribution is -0.262. The maximum absolute atomic E-state index is 12.3. The third kappa shape index (κ3) is 3.09. The van der Waals surface area contributed by atoms with Crippen LogP contribution in [0.5, 0.6) is 0 Å². The summed E-state index contributed by atoms with van der Waals surface area (Å²) in [6, 6.07) is 6.49. The Hall–Kier alpha value is -2.49. The molecule has 2 aliphatic heterocycles. The molecule has 0 aromatic heterocycles. The van der Waals surface area contributed by atoms with Gasteiger partial charge < -0.3 is 25.6 Å². The SMILES string of the molecule is COC1CC2C(NC(=O)C(N)c3ccccc3)C(=O)N2C(C(=O)O)O1. The Morgan fingerprint density at radius 1 is 1.40 bits per heavy atom. The number of rotatable bonds is 5. The largest absolute Gasteiger partial charge is 0.478 e. The number of carbonyl (C=O) groups is 3. The van der Waals surface area contributed by atoms with E-state index in [2.05, 4.69) is 5.32 Å². The van der Waals surface area contributed by atoms with Gasteiger partial charge in [-0.15, -0.1) is 0 Å². The molecule has 5 atom stereocenters. The van der Waals surface area contributed by atoms with Gasteiger partial charge in [-0.3, -0.25) is 14.5 Å². The molecule has 0 aliphatic carbocycles. The van der Waals surface area contributed by atoms with Gasteiger partial charge in [0.15, 0.2) is 6.29 Å². The van der Waals surface area contributed by atoms with Gasteiger partial charge in [0.2, 0.25) is 18.0 Å². The summed E-state index contributed by atoms with van der Waals surface area (Å²) in [6.45, 7) is 0. The second kappa shape index (κ2) is 6.79. The van der Waals surface area contributed by atoms with E-state index in [-0.39, 0.29) is 6.42 Å². The van der Waals surface area contributed by atoms with Crippen molar-refractivity contribution in [3.05, 3.63) is 35.9 Å². The normalized spacial score (nSPS) is 29.4. The number of carbonyl (C=O) groups excluding carboxylic acids is 2. The zero-order chi connectivity index (χ0) is 18.1. The third-order valence-corrected chi connectivity index (χ3v) is 4.44. The predicted octanol–water partition coefficient (Wildman–Crippen LogP) is -0.814. The molecule has 1 aromatic rings. The van der Waals surface area contributed by atoms with E-state index in [1.165, 1.54) is 7.11 Å². The van der Waals surface area contributed by atoms with E-state index in [9.17, 15) is 19.5 Å². The lowest BCUT2D eigenvalue weighted by Crippen LogP contribution is -2.77. The number of hydrogen-bond donors (Lipinski definition) is 3. The van der Waals surface area contributed by atoms with Gasteiger partial charge in [0, 0.05) is 13.5 Å². The van der Waals surface area contributed by atoms with Crippen molar-refractivity contribution in [2.75, 3.05) is 7.11 Å². The number of methoxy groups -OCH3 is 1. The van der Waals surface area contributed by atoms with Crippen LogP contribution in [0.1, 0.15) is 18.0 Å². The van der Waals surface area contributed by atoms with Crippen LogP contribution in [0.25, 0.3) is 0 Å². The second-order valence-corrected chi connectivity index (χ2v) is 5.92. The number of carboxylic acid groups (broad SMARTS) is 1. The topological polar surface area (TPSA) is 131 Å². The van der Waals surface area contributed by atoms with Crippen LogP contribution in [0.15, 0.2) is 30.3 Å². The fourth-order valence-electron chi connectivity index (χ4n) is 3.11. The molecule has 3 rings (SSSR count). The maximum atomic E-state index is 12.3. The van der Waals surface area contributed by atoms with Crippen molar-refractivity contribution in [1.29, 1.82) is 0 Å². The average molecular weight is 349 g/mol. The molecule has 25 heavy (non-hydrogen) atoms. The molecule has 2 heterocycles. The molecule has 0 spiro atoms. The number of carboxylic acids is 1. The Labute approximate surface area is 143 Å². The first-order valence-corrected chi connectivity index (χ1v) is 7.78. The number of hydrogen-bond acceptors (Lipinski definition) is 6. The molecule has 4 N–H and O–H groups in total. The minimum atomic E-state index is -1.42. The maximum Gasteiger partial charge on any atom is 0.354 e. The van der Waals surface area contributed by atoms with E-state index in [0.717, 1.165) is 4.90 Å². The molecule has 0 bridgehead atoms. The van der Waals surface area contributed by atoms with Gasteiger partial charge in [0.25, 0.3) is 0 Å². The second-order valence-electron chi connectivity index (χ2n) is 5.92. The highest BCUT2D eigenvalue weighted by Crippen LogP contribution is 2.34. The number of ether oxygens (including phenoxy) is 2. The van der Waals surface area contributed by atoms with Crippen LogP contribution in [0.3, 0.4) is 0 Å². The van der Waals surface area contributed by atoms with E-state index < -0.39 is 48.4 Å². The van der Waals surface area contributed by atoms with Crippen LogP contribution >= 0.6 is 0 Å². The van der Waals surface area contributed by atoms with Gasteiger partial charge in [-0.25, -0.2) is 4.79 Å². The van der Waals surface area contributed by atoms with Crippen LogP contribution in [-0.4, -0.2) is 59.5 Å². The van der Waals surface area contributed by atoms with Crippen LogP contribution in [0.2, 0.25) is 0 Å². The van der Waals surface area contributed by atoms with E-state index in [1.807, 2.05) is 0 Å². The Kier molecular flexibility index (Phi) is 4.71. The number of amides is 2. The first-order chi connectivity index (χ1) is 11.9. The number of benzene rings is 1. The molecule has 2 fully saturated rings. The smallest absolute Gasteiger partial charge is 0.354 e. The summed E-state index contributed by atoms with van der Waals surface area (Å²) in [5.74, 6) is -2.30. The third-order valence-electron chi connectivity index (χ3n) is 4.44. The van der Waals surface area contributed by atoms with Crippen LogP contribution in [0.4, 0.5) is 0 Å². The quantitative estimate of drug-likeness (QED) is 0.592. The lowest BCUT2D eigenvalue weighted by Gasteiger charge is -2.53. The summed E-state index contributed by atoms with van der Waals surface area (Å²) in [5, 5.41) is 11.8. The molecule has 9 heteroatoms. The minimum Gasteiger partial charge on any atom is -0.478 e. The number of fused-ring (bicyclic) bond motifs is 1. The molecule has 2 amide bonds. The van der Waals surface area contributed by atoms with Gasteiger partial charge in [0.1, 0.15) is 12.1 Å². The summed E-state index contributed by atoms with van der Waals surface area (Å²) in [7, 11) is 1.39. The standard InChI is InChI=1S/C16H19N3O6/c1-24-10-7-9-12(14(21)19(9)15(25-10)16(22)23)18-13(20)11(17)8-5-3-2-4-6-8/h2-6,9-12,15H,7,17H2,1H3,(H,18,20)(H,22,23). The van der Waals surface area contributed by atoms with Gasteiger partial charge in [-0.2, -0.15) is 0 Å². The van der Waals surface area contributed by atoms with Crippen molar-refractivity contribution in [2.45, 2.75) is 37.1 Å². The summed E-state index contributed by atoms with van der Waals surface area (Å²) in [4.78, 5) is 37.0. The van der Waals surface area contributed by atoms with Gasteiger partial charge in [0.05, 0.1) is 6.04 Å². The molecular formula is C16H19N3O6. The zero-order valence-electron chi connectivity index (χ0n) is 13.5. The molecule has 2 saturated heterocycles. The molecule has 134 valence electrons. The van der Waals surface area contributed by atoms with Crippen molar-refractivity contribution in [1.82, 2.24) is 10.2 Å². The first-order valence-electron chi connectivity index (χ1n) is 7.78. The summed E-state index contributed by atoms with van der Waals surface area (Å²) < 4.78 is 10.3. The Balaban J connectivity index is 1.70. The monoisotopic (exact) mass is 349 g/mol. The van der Waals surface area contributed by atoms with Gasteiger partial charge in [-0.05, 0) is 5.56 Å². The van der Waals surface area contributed by atoms with E-state index in [4.69, 9.17) is 15.2 Å². The van der Waals surface area contributed by atoms with E-state index in [1.54, 1.807) is 30.3 Å². The van der Waals surface area contributed by atoms with Gasteiger partial charge in [-0.1, -0.05) is 30.3 Å². The number of nitrogens with one attached hydrogen (secondary N) is 1. The average Bonchev–Trinajstić information content (AvgIpc) is 2.64. The number of nitrogens with two attached hydrogens (primary N) is 1. The van der Waals surface area contributed by atoms with Crippen LogP contribution < -0.4 is 11.1 Å². The molecule has 0 saturated carbocycles. The summed E-state index contributed by atoms with van der Waals surface area (Å²) >= 11 is 0. The minimum absolute atomic E-state index is 0.261. The first kappa shape index (κ1) is 17.3. The van der Waals surface area contributed by atoms with Crippen molar-refractivity contribution in [2.24, 2.45) is 5.73 Å². The Morgan fingerprint density at radius 2 is 2.08 bits per heavy atom. The van der Waals surface area contributed by atoms with Crippen LogP contribution in [-0.2, 0) is 23.9 Å². The number of nitrogens with zero attached hydrogens (tertiary/aromatic N) is 1. The highest BCUT2D eigenvalue weighted by Gasteiger charge is 2.57. The number of β-lactam (4-membered cyclic amide) rings is 1. The fourth-order valence-corrected chi connectivity index (χ4v) is 3.11.